The second-order valence-corrected chi connectivity index (χ2v) is 16.7. The van der Waals surface area contributed by atoms with E-state index in [0.717, 1.165) is 87.6 Å². The lowest BCUT2D eigenvalue weighted by Gasteiger charge is -2.10. The number of hydrogen-bond donors (Lipinski definition) is 0. The molecule has 7 nitrogen and oxygen atoms in total. The fourth-order valence-corrected chi connectivity index (χ4v) is 10.1. The molecule has 5 aromatic heterocycles. The zero-order chi connectivity index (χ0) is 41.4. The molecular formula is C55H32N6OS. The van der Waals surface area contributed by atoms with Crippen LogP contribution in [0.25, 0.3) is 127 Å². The van der Waals surface area contributed by atoms with Crippen LogP contribution >= 0.6 is 11.3 Å². The van der Waals surface area contributed by atoms with Crippen LogP contribution in [0.2, 0.25) is 0 Å². The quantitative estimate of drug-likeness (QED) is 0.166. The third-order valence-corrected chi connectivity index (χ3v) is 13.0. The third kappa shape index (κ3) is 5.76. The van der Waals surface area contributed by atoms with Crippen LogP contribution in [0.15, 0.2) is 199 Å². The van der Waals surface area contributed by atoms with Crippen LogP contribution in [-0.2, 0) is 0 Å². The van der Waals surface area contributed by atoms with Gasteiger partial charge in [0, 0.05) is 59.6 Å². The molecule has 0 saturated heterocycles. The third-order valence-electron chi connectivity index (χ3n) is 11.9. The van der Waals surface area contributed by atoms with E-state index in [2.05, 4.69) is 144 Å². The van der Waals surface area contributed by atoms with Crippen LogP contribution in [0.1, 0.15) is 0 Å². The first kappa shape index (κ1) is 35.4. The first-order chi connectivity index (χ1) is 31.2. The zero-order valence-corrected chi connectivity index (χ0v) is 34.3. The van der Waals surface area contributed by atoms with Crippen molar-refractivity contribution in [2.24, 2.45) is 0 Å². The van der Waals surface area contributed by atoms with E-state index in [1.807, 2.05) is 54.6 Å². The maximum atomic E-state index is 6.85. The molecule has 0 N–H and O–H groups in total. The summed E-state index contributed by atoms with van der Waals surface area (Å²) in [6.07, 6.45) is 0. The van der Waals surface area contributed by atoms with E-state index in [-0.39, 0.29) is 0 Å². The van der Waals surface area contributed by atoms with Gasteiger partial charge < -0.3 is 8.98 Å². The molecule has 0 unspecified atom stereocenters. The Hall–Kier alpha value is -8.33. The van der Waals surface area contributed by atoms with Crippen molar-refractivity contribution < 1.29 is 4.42 Å². The van der Waals surface area contributed by atoms with Crippen molar-refractivity contribution in [3.05, 3.63) is 194 Å². The fourth-order valence-electron chi connectivity index (χ4n) is 8.93. The van der Waals surface area contributed by atoms with Crippen molar-refractivity contribution >= 4 is 75.4 Å². The minimum Gasteiger partial charge on any atom is -0.455 e. The highest BCUT2D eigenvalue weighted by Gasteiger charge is 2.21. The molecule has 294 valence electrons. The van der Waals surface area contributed by atoms with E-state index < -0.39 is 0 Å². The maximum Gasteiger partial charge on any atom is 0.167 e. The van der Waals surface area contributed by atoms with Crippen LogP contribution in [0.4, 0.5) is 0 Å². The van der Waals surface area contributed by atoms with Gasteiger partial charge >= 0.3 is 0 Å². The number of rotatable bonds is 6. The van der Waals surface area contributed by atoms with E-state index in [1.54, 1.807) is 11.3 Å². The van der Waals surface area contributed by atoms with Crippen molar-refractivity contribution in [1.29, 1.82) is 0 Å². The molecule has 0 amide bonds. The number of thiophene rings is 1. The summed E-state index contributed by atoms with van der Waals surface area (Å²) in [6, 6.07) is 66.8. The highest BCUT2D eigenvalue weighted by atomic mass is 32.1. The number of aromatic nitrogens is 6. The summed E-state index contributed by atoms with van der Waals surface area (Å²) in [7, 11) is 0. The minimum atomic E-state index is 0.526. The summed E-state index contributed by atoms with van der Waals surface area (Å²) in [6.45, 7) is 0. The number of furan rings is 1. The monoisotopic (exact) mass is 824 g/mol. The van der Waals surface area contributed by atoms with Gasteiger partial charge in [0.1, 0.15) is 11.2 Å². The van der Waals surface area contributed by atoms with E-state index in [0.29, 0.717) is 28.9 Å². The van der Waals surface area contributed by atoms with E-state index in [9.17, 15) is 0 Å². The summed E-state index contributed by atoms with van der Waals surface area (Å²) in [5.74, 6) is 2.32. The lowest BCUT2D eigenvalue weighted by atomic mass is 10.1. The molecule has 0 aliphatic rings. The number of nitrogens with zero attached hydrogens (tertiary/aromatic N) is 6. The molecule has 8 aromatic carbocycles. The maximum absolute atomic E-state index is 6.85. The molecular weight excluding hydrogens is 793 g/mol. The Balaban J connectivity index is 0.982. The van der Waals surface area contributed by atoms with Crippen LogP contribution in [-0.4, -0.2) is 29.5 Å². The van der Waals surface area contributed by atoms with E-state index in [1.165, 1.54) is 10.1 Å². The molecule has 0 fully saturated rings. The summed E-state index contributed by atoms with van der Waals surface area (Å²) in [5, 5.41) is 5.42. The van der Waals surface area contributed by atoms with Crippen LogP contribution < -0.4 is 0 Å². The molecule has 0 bridgehead atoms. The van der Waals surface area contributed by atoms with Gasteiger partial charge in [-0.1, -0.05) is 146 Å². The van der Waals surface area contributed by atoms with Gasteiger partial charge in [-0.15, -0.1) is 11.3 Å². The molecule has 13 aromatic rings. The molecule has 63 heavy (non-hydrogen) atoms. The topological polar surface area (TPSA) is 82.5 Å². The number of benzene rings is 8. The second-order valence-electron chi connectivity index (χ2n) is 15.6. The highest BCUT2D eigenvalue weighted by molar-refractivity contribution is 7.26. The van der Waals surface area contributed by atoms with E-state index >= 15 is 0 Å². The highest BCUT2D eigenvalue weighted by Crippen LogP contribution is 2.42. The Morgan fingerprint density at radius 1 is 0.397 bits per heavy atom. The Labute approximate surface area is 364 Å². The minimum absolute atomic E-state index is 0.526. The Bertz CT molecular complexity index is 3910. The average molecular weight is 825 g/mol. The summed E-state index contributed by atoms with van der Waals surface area (Å²) in [5.41, 5.74) is 11.1. The summed E-state index contributed by atoms with van der Waals surface area (Å²) < 4.78 is 11.4. The van der Waals surface area contributed by atoms with Crippen molar-refractivity contribution in [3.63, 3.8) is 0 Å². The zero-order valence-electron chi connectivity index (χ0n) is 33.5. The lowest BCUT2D eigenvalue weighted by Crippen LogP contribution is -2.00. The van der Waals surface area contributed by atoms with Gasteiger partial charge in [-0.05, 0) is 48.5 Å². The first-order valence-electron chi connectivity index (χ1n) is 20.8. The molecule has 0 saturated carbocycles. The molecule has 0 aliphatic carbocycles. The Morgan fingerprint density at radius 2 is 1.00 bits per heavy atom. The van der Waals surface area contributed by atoms with Crippen molar-refractivity contribution in [2.45, 2.75) is 0 Å². The summed E-state index contributed by atoms with van der Waals surface area (Å²) >= 11 is 1.73. The normalized spacial score (nSPS) is 11.8. The predicted molar refractivity (Wildman–Crippen MR) is 257 cm³/mol. The van der Waals surface area contributed by atoms with Crippen LogP contribution in [0.3, 0.4) is 0 Å². The number of para-hydroxylation sites is 3. The summed E-state index contributed by atoms with van der Waals surface area (Å²) in [4.78, 5) is 25.9. The molecule has 8 heteroatoms. The molecule has 0 radical (unpaired) electrons. The standard InChI is InChI=1S/C55H32N6OS/c1-4-15-33(16-5-1)48-51-49(42-22-11-13-26-47(42)63-51)57-53(56-48)36-28-30-40-41-23-14-24-43(50(41)62-46(40)32-36)55-59-52(34-17-6-2-7-18-34)58-54(60-55)35-27-29-39-38-21-10-12-25-44(38)61(45(39)31-35)37-19-8-3-9-20-37/h1-32H. The average Bonchev–Trinajstić information content (AvgIpc) is 4.03. The van der Waals surface area contributed by atoms with Gasteiger partial charge in [-0.2, -0.15) is 0 Å². The van der Waals surface area contributed by atoms with Gasteiger partial charge in [0.15, 0.2) is 23.3 Å². The van der Waals surface area contributed by atoms with E-state index in [4.69, 9.17) is 29.3 Å². The van der Waals surface area contributed by atoms with Gasteiger partial charge in [-0.25, -0.2) is 24.9 Å². The fraction of sp³-hybridized carbons (Fsp3) is 0. The molecule has 0 aliphatic heterocycles. The lowest BCUT2D eigenvalue weighted by molar-refractivity contribution is 0.669. The van der Waals surface area contributed by atoms with Crippen molar-refractivity contribution in [2.75, 3.05) is 0 Å². The molecule has 0 spiro atoms. The van der Waals surface area contributed by atoms with Crippen molar-refractivity contribution in [1.82, 2.24) is 29.5 Å². The number of hydrogen-bond acceptors (Lipinski definition) is 7. The first-order valence-corrected chi connectivity index (χ1v) is 21.6. The predicted octanol–water partition coefficient (Wildman–Crippen LogP) is 14.4. The largest absolute Gasteiger partial charge is 0.455 e. The Morgan fingerprint density at radius 3 is 1.81 bits per heavy atom. The SMILES string of the molecule is c1ccc(-c2nc(-c3ccc4c5ccccc5n(-c5ccccc5)c4c3)nc(-c3cccc4c3oc3cc(-c5nc(-c6ccccc6)c6sc7ccccc7c6n5)ccc34)n2)cc1. The van der Waals surface area contributed by atoms with Gasteiger partial charge in [0.05, 0.1) is 32.5 Å². The van der Waals surface area contributed by atoms with Gasteiger partial charge in [0.25, 0.3) is 0 Å². The van der Waals surface area contributed by atoms with Gasteiger partial charge in [0.2, 0.25) is 0 Å². The molecule has 5 heterocycles. The second kappa shape index (κ2) is 14.1. The number of fused-ring (bicyclic) bond motifs is 9. The van der Waals surface area contributed by atoms with Gasteiger partial charge in [-0.3, -0.25) is 0 Å². The molecule has 0 atom stereocenters. The smallest absolute Gasteiger partial charge is 0.167 e. The van der Waals surface area contributed by atoms with Crippen molar-refractivity contribution in [3.8, 4) is 62.5 Å². The van der Waals surface area contributed by atoms with Crippen LogP contribution in [0, 0.1) is 0 Å². The Kier molecular flexibility index (Phi) is 7.94. The molecule has 13 rings (SSSR count). The van der Waals surface area contributed by atoms with Crippen LogP contribution in [0.5, 0.6) is 0 Å².